The van der Waals surface area contributed by atoms with E-state index in [4.69, 9.17) is 4.42 Å². The minimum absolute atomic E-state index is 0.0920. The van der Waals surface area contributed by atoms with Crippen LogP contribution in [-0.4, -0.2) is 23.3 Å². The summed E-state index contributed by atoms with van der Waals surface area (Å²) >= 11 is 0. The first-order chi connectivity index (χ1) is 8.04. The lowest BCUT2D eigenvalue weighted by atomic mass is 10.1. The number of fused-ring (bicyclic) bond motifs is 1. The fourth-order valence-electron chi connectivity index (χ4n) is 1.80. The van der Waals surface area contributed by atoms with E-state index in [9.17, 15) is 9.59 Å². The smallest absolute Gasteiger partial charge is 0.341 e. The van der Waals surface area contributed by atoms with Crippen molar-refractivity contribution in [2.24, 2.45) is 0 Å². The van der Waals surface area contributed by atoms with Crippen LogP contribution in [0, 0.1) is 13.8 Å². The Morgan fingerprint density at radius 3 is 2.82 bits per heavy atom. The molecule has 1 N–H and O–H groups in total. The summed E-state index contributed by atoms with van der Waals surface area (Å²) < 4.78 is 9.58. The zero-order chi connectivity index (χ0) is 12.6. The van der Waals surface area contributed by atoms with Crippen LogP contribution in [0.5, 0.6) is 0 Å². The topological polar surface area (TPSA) is 85.2 Å². The maximum absolute atomic E-state index is 11.7. The van der Waals surface area contributed by atoms with E-state index in [1.807, 2.05) is 6.92 Å². The lowest BCUT2D eigenvalue weighted by molar-refractivity contribution is -0.139. The number of nitrogens with one attached hydrogen (secondary N) is 1. The van der Waals surface area contributed by atoms with E-state index in [1.54, 1.807) is 6.92 Å². The van der Waals surface area contributed by atoms with Crippen LogP contribution < -0.4 is 5.63 Å². The Labute approximate surface area is 96.6 Å². The van der Waals surface area contributed by atoms with Gasteiger partial charge in [-0.05, 0) is 19.4 Å². The Bertz CT molecular complexity index is 639. The SMILES string of the molecule is COC(=O)Cc1c(C)c2c(C)[nH]nc2oc1=O. The maximum atomic E-state index is 11.7. The Balaban J connectivity index is 2.66. The highest BCUT2D eigenvalue weighted by atomic mass is 16.5. The van der Waals surface area contributed by atoms with Crippen molar-refractivity contribution < 1.29 is 13.9 Å². The van der Waals surface area contributed by atoms with Crippen LogP contribution in [0.25, 0.3) is 11.1 Å². The fourth-order valence-corrected chi connectivity index (χ4v) is 1.80. The zero-order valence-electron chi connectivity index (χ0n) is 9.79. The molecule has 0 amide bonds. The van der Waals surface area contributed by atoms with Crippen molar-refractivity contribution in [3.8, 4) is 0 Å². The monoisotopic (exact) mass is 236 g/mol. The van der Waals surface area contributed by atoms with Gasteiger partial charge in [0.2, 0.25) is 5.71 Å². The highest BCUT2D eigenvalue weighted by molar-refractivity contribution is 5.82. The molecule has 0 bridgehead atoms. The summed E-state index contributed by atoms with van der Waals surface area (Å²) in [4.78, 5) is 22.9. The largest absolute Gasteiger partial charge is 0.469 e. The summed E-state index contributed by atoms with van der Waals surface area (Å²) in [5.41, 5.74) is 1.53. The van der Waals surface area contributed by atoms with E-state index in [0.29, 0.717) is 11.1 Å². The molecule has 0 atom stereocenters. The first-order valence-electron chi connectivity index (χ1n) is 5.08. The Hall–Kier alpha value is -2.11. The minimum Gasteiger partial charge on any atom is -0.469 e. The summed E-state index contributed by atoms with van der Waals surface area (Å²) in [7, 11) is 1.28. The molecule has 17 heavy (non-hydrogen) atoms. The van der Waals surface area contributed by atoms with Crippen molar-refractivity contribution in [3.63, 3.8) is 0 Å². The van der Waals surface area contributed by atoms with Crippen molar-refractivity contribution in [1.29, 1.82) is 0 Å². The van der Waals surface area contributed by atoms with E-state index in [1.165, 1.54) is 7.11 Å². The number of hydrogen-bond donors (Lipinski definition) is 1. The molecule has 0 radical (unpaired) electrons. The number of H-pyrrole nitrogens is 1. The molecule has 6 heteroatoms. The molecule has 0 saturated carbocycles. The number of methoxy groups -OCH3 is 1. The van der Waals surface area contributed by atoms with Gasteiger partial charge in [-0.1, -0.05) is 0 Å². The number of carbonyl (C=O) groups excluding carboxylic acids is 1. The number of aryl methyl sites for hydroxylation is 2. The average molecular weight is 236 g/mol. The van der Waals surface area contributed by atoms with Gasteiger partial charge in [0.05, 0.1) is 24.5 Å². The molecule has 90 valence electrons. The second-order valence-electron chi connectivity index (χ2n) is 3.77. The normalized spacial score (nSPS) is 10.8. The third kappa shape index (κ3) is 1.82. The molecule has 0 aliphatic rings. The predicted molar refractivity (Wildman–Crippen MR) is 59.8 cm³/mol. The van der Waals surface area contributed by atoms with E-state index >= 15 is 0 Å². The molecular formula is C11H12N2O4. The fraction of sp³-hybridized carbons (Fsp3) is 0.364. The van der Waals surface area contributed by atoms with Crippen molar-refractivity contribution in [1.82, 2.24) is 10.2 Å². The Morgan fingerprint density at radius 2 is 2.18 bits per heavy atom. The molecule has 0 aliphatic carbocycles. The highest BCUT2D eigenvalue weighted by Crippen LogP contribution is 2.20. The van der Waals surface area contributed by atoms with Gasteiger partial charge in [-0.2, -0.15) is 0 Å². The van der Waals surface area contributed by atoms with Crippen LogP contribution in [0.1, 0.15) is 16.8 Å². The number of aromatic amines is 1. The summed E-state index contributed by atoms with van der Waals surface area (Å²) in [5.74, 6) is -0.471. The summed E-state index contributed by atoms with van der Waals surface area (Å²) in [6.45, 7) is 3.59. The van der Waals surface area contributed by atoms with Gasteiger partial charge in [0, 0.05) is 5.69 Å². The number of ether oxygens (including phenoxy) is 1. The molecule has 0 spiro atoms. The first-order valence-corrected chi connectivity index (χ1v) is 5.08. The van der Waals surface area contributed by atoms with Gasteiger partial charge in [0.15, 0.2) is 0 Å². The van der Waals surface area contributed by atoms with Gasteiger partial charge in [0.25, 0.3) is 0 Å². The molecule has 0 aliphatic heterocycles. The van der Waals surface area contributed by atoms with Gasteiger partial charge in [0.1, 0.15) is 0 Å². The summed E-state index contributed by atoms with van der Waals surface area (Å²) in [6.07, 6.45) is -0.0920. The Kier molecular flexibility index (Phi) is 2.71. The zero-order valence-corrected chi connectivity index (χ0v) is 9.79. The number of esters is 1. The average Bonchev–Trinajstić information content (AvgIpc) is 2.65. The van der Waals surface area contributed by atoms with E-state index in [0.717, 1.165) is 11.1 Å². The molecule has 0 aromatic carbocycles. The second-order valence-corrected chi connectivity index (χ2v) is 3.77. The van der Waals surface area contributed by atoms with Crippen molar-refractivity contribution in [2.75, 3.05) is 7.11 Å². The van der Waals surface area contributed by atoms with Crippen molar-refractivity contribution in [3.05, 3.63) is 27.2 Å². The van der Waals surface area contributed by atoms with Gasteiger partial charge >= 0.3 is 11.6 Å². The molecule has 0 unspecified atom stereocenters. The van der Waals surface area contributed by atoms with Gasteiger partial charge in [-0.25, -0.2) is 4.79 Å². The summed E-state index contributed by atoms with van der Waals surface area (Å²) in [6, 6.07) is 0. The molecule has 6 nitrogen and oxygen atoms in total. The maximum Gasteiger partial charge on any atom is 0.341 e. The van der Waals surface area contributed by atoms with Crippen LogP contribution in [0.3, 0.4) is 0 Å². The van der Waals surface area contributed by atoms with Crippen molar-refractivity contribution >= 4 is 17.1 Å². The van der Waals surface area contributed by atoms with E-state index in [-0.39, 0.29) is 12.1 Å². The van der Waals surface area contributed by atoms with Crippen molar-refractivity contribution in [2.45, 2.75) is 20.3 Å². The van der Waals surface area contributed by atoms with Gasteiger partial charge in [-0.15, -0.1) is 5.10 Å². The molecule has 0 saturated heterocycles. The number of hydrogen-bond acceptors (Lipinski definition) is 5. The van der Waals surface area contributed by atoms with Crippen LogP contribution in [-0.2, 0) is 16.0 Å². The molecule has 2 heterocycles. The molecule has 2 aromatic heterocycles. The van der Waals surface area contributed by atoms with Crippen LogP contribution >= 0.6 is 0 Å². The molecule has 2 rings (SSSR count). The standard InChI is InChI=1S/C11H12N2O4/c1-5-7(4-8(14)16-3)11(15)17-10-9(5)6(2)12-13-10/h4H2,1-3H3,(H,12,13). The number of aromatic nitrogens is 2. The molecule has 2 aromatic rings. The lowest BCUT2D eigenvalue weighted by Crippen LogP contribution is -2.16. The third-order valence-electron chi connectivity index (χ3n) is 2.73. The van der Waals surface area contributed by atoms with E-state index in [2.05, 4.69) is 14.9 Å². The highest BCUT2D eigenvalue weighted by Gasteiger charge is 2.17. The summed E-state index contributed by atoms with van der Waals surface area (Å²) in [5, 5.41) is 7.35. The minimum atomic E-state index is -0.549. The number of rotatable bonds is 2. The molecule has 0 fully saturated rings. The van der Waals surface area contributed by atoms with Crippen LogP contribution in [0.15, 0.2) is 9.21 Å². The van der Waals surface area contributed by atoms with Crippen LogP contribution in [0.2, 0.25) is 0 Å². The van der Waals surface area contributed by atoms with Gasteiger partial charge < -0.3 is 9.15 Å². The first kappa shape index (κ1) is 11.4. The Morgan fingerprint density at radius 1 is 1.47 bits per heavy atom. The van der Waals surface area contributed by atoms with E-state index < -0.39 is 11.6 Å². The second kappa shape index (κ2) is 4.04. The third-order valence-corrected chi connectivity index (χ3v) is 2.73. The molecular weight excluding hydrogens is 224 g/mol. The quantitative estimate of drug-likeness (QED) is 0.781. The van der Waals surface area contributed by atoms with Gasteiger partial charge in [-0.3, -0.25) is 9.89 Å². The lowest BCUT2D eigenvalue weighted by Gasteiger charge is -2.03. The van der Waals surface area contributed by atoms with Crippen LogP contribution in [0.4, 0.5) is 0 Å². The number of carbonyl (C=O) groups is 1. The predicted octanol–water partition coefficient (Wildman–Crippen LogP) is 0.848. The number of nitrogens with zero attached hydrogens (tertiary/aromatic N) is 1.